The molecule has 1 aliphatic carbocycles. The summed E-state index contributed by atoms with van der Waals surface area (Å²) < 4.78 is 5.72. The Morgan fingerprint density at radius 3 is 2.50 bits per heavy atom. The summed E-state index contributed by atoms with van der Waals surface area (Å²) in [6, 6.07) is 7.22. The van der Waals surface area contributed by atoms with Crippen LogP contribution in [-0.2, 0) is 4.79 Å². The fourth-order valence-corrected chi connectivity index (χ4v) is 3.27. The van der Waals surface area contributed by atoms with Gasteiger partial charge in [-0.3, -0.25) is 9.59 Å². The van der Waals surface area contributed by atoms with Crippen LogP contribution in [0.1, 0.15) is 63.7 Å². The van der Waals surface area contributed by atoms with Gasteiger partial charge in [0.1, 0.15) is 5.75 Å². The van der Waals surface area contributed by atoms with E-state index in [0.717, 1.165) is 6.42 Å². The van der Waals surface area contributed by atoms with Crippen LogP contribution >= 0.6 is 0 Å². The van der Waals surface area contributed by atoms with Crippen molar-refractivity contribution in [2.75, 3.05) is 0 Å². The quantitative estimate of drug-likeness (QED) is 0.802. The van der Waals surface area contributed by atoms with E-state index in [-0.39, 0.29) is 17.7 Å². The molecule has 4 heteroatoms. The molecule has 1 N–H and O–H groups in total. The second-order valence-electron chi connectivity index (χ2n) is 6.94. The van der Waals surface area contributed by atoms with Gasteiger partial charge in [-0.15, -0.1) is 0 Å². The van der Waals surface area contributed by atoms with Gasteiger partial charge in [-0.05, 0) is 49.4 Å². The molecule has 0 unspecified atom stereocenters. The molecule has 4 nitrogen and oxygen atoms in total. The fourth-order valence-electron chi connectivity index (χ4n) is 3.27. The van der Waals surface area contributed by atoms with Crippen LogP contribution in [0.4, 0.5) is 0 Å². The van der Waals surface area contributed by atoms with Gasteiger partial charge in [-0.1, -0.05) is 33.6 Å². The Kier molecular flexibility index (Phi) is 6.41. The summed E-state index contributed by atoms with van der Waals surface area (Å²) in [5.41, 5.74) is 0.673. The average Bonchev–Trinajstić information content (AvgIpc) is 2.58. The molecule has 0 heterocycles. The number of Topliss-reactive ketones (excluding diaryl/α,β-unsaturated/α-hetero) is 1. The SMILES string of the molecule is CCC(=O)c1ccc(O[C@H](C)C(=O)N[C@@H]2CCC[C@H](C)[C@@H]2C)cc1. The van der Waals surface area contributed by atoms with E-state index in [1.54, 1.807) is 31.2 Å². The number of amides is 1. The Balaban J connectivity index is 1.90. The average molecular weight is 331 g/mol. The minimum atomic E-state index is -0.554. The van der Waals surface area contributed by atoms with Crippen LogP contribution in [0.2, 0.25) is 0 Å². The first-order valence-corrected chi connectivity index (χ1v) is 9.02. The van der Waals surface area contributed by atoms with Crippen LogP contribution < -0.4 is 10.1 Å². The molecule has 4 atom stereocenters. The van der Waals surface area contributed by atoms with E-state index in [2.05, 4.69) is 19.2 Å². The summed E-state index contributed by atoms with van der Waals surface area (Å²) in [6.07, 6.45) is 3.37. The number of hydrogen-bond donors (Lipinski definition) is 1. The second kappa shape index (κ2) is 8.32. The van der Waals surface area contributed by atoms with Crippen molar-refractivity contribution in [2.45, 2.75) is 65.5 Å². The van der Waals surface area contributed by atoms with Crippen LogP contribution in [0.15, 0.2) is 24.3 Å². The minimum Gasteiger partial charge on any atom is -0.481 e. The maximum absolute atomic E-state index is 12.4. The summed E-state index contributed by atoms with van der Waals surface area (Å²) in [6.45, 7) is 8.06. The fraction of sp³-hybridized carbons (Fsp3) is 0.600. The lowest BCUT2D eigenvalue weighted by molar-refractivity contribution is -0.128. The molecule has 1 aromatic carbocycles. The molecule has 0 aliphatic heterocycles. The molecule has 1 aliphatic rings. The summed E-state index contributed by atoms with van der Waals surface area (Å²) in [5, 5.41) is 3.14. The first kappa shape index (κ1) is 18.5. The Morgan fingerprint density at radius 1 is 1.21 bits per heavy atom. The lowest BCUT2D eigenvalue weighted by Crippen LogP contribution is -2.48. The van der Waals surface area contributed by atoms with E-state index >= 15 is 0 Å². The maximum Gasteiger partial charge on any atom is 0.261 e. The van der Waals surface area contributed by atoms with Crippen LogP contribution in [-0.4, -0.2) is 23.8 Å². The highest BCUT2D eigenvalue weighted by Crippen LogP contribution is 2.29. The highest BCUT2D eigenvalue weighted by Gasteiger charge is 2.29. The van der Waals surface area contributed by atoms with E-state index in [0.29, 0.717) is 29.6 Å². The predicted molar refractivity (Wildman–Crippen MR) is 95.3 cm³/mol. The van der Waals surface area contributed by atoms with Gasteiger partial charge in [0.2, 0.25) is 0 Å². The van der Waals surface area contributed by atoms with Crippen molar-refractivity contribution in [2.24, 2.45) is 11.8 Å². The predicted octanol–water partition coefficient (Wildman–Crippen LogP) is 3.99. The highest BCUT2D eigenvalue weighted by atomic mass is 16.5. The number of hydrogen-bond acceptors (Lipinski definition) is 3. The molecule has 24 heavy (non-hydrogen) atoms. The molecule has 0 bridgehead atoms. The number of ketones is 1. The Bertz CT molecular complexity index is 567. The second-order valence-corrected chi connectivity index (χ2v) is 6.94. The van der Waals surface area contributed by atoms with Crippen LogP contribution in [0, 0.1) is 11.8 Å². The van der Waals surface area contributed by atoms with Crippen molar-refractivity contribution in [3.05, 3.63) is 29.8 Å². The van der Waals surface area contributed by atoms with Gasteiger partial charge in [-0.25, -0.2) is 0 Å². The summed E-state index contributed by atoms with van der Waals surface area (Å²) in [4.78, 5) is 24.0. The standard InChI is InChI=1S/C20H29NO3/c1-5-19(22)16-9-11-17(12-10-16)24-15(4)20(23)21-18-8-6-7-13(2)14(18)3/h9-15,18H,5-8H2,1-4H3,(H,21,23)/t13-,14-,15+,18+/m0/s1. The van der Waals surface area contributed by atoms with Gasteiger partial charge in [0.15, 0.2) is 11.9 Å². The number of nitrogens with one attached hydrogen (secondary N) is 1. The van der Waals surface area contributed by atoms with Crippen molar-refractivity contribution in [3.8, 4) is 5.75 Å². The van der Waals surface area contributed by atoms with E-state index in [1.165, 1.54) is 12.8 Å². The first-order chi connectivity index (χ1) is 11.4. The zero-order chi connectivity index (χ0) is 17.7. The smallest absolute Gasteiger partial charge is 0.261 e. The van der Waals surface area contributed by atoms with Gasteiger partial charge in [0, 0.05) is 18.0 Å². The molecule has 2 rings (SSSR count). The third-order valence-corrected chi connectivity index (χ3v) is 5.21. The molecule has 1 saturated carbocycles. The number of carbonyl (C=O) groups is 2. The third kappa shape index (κ3) is 4.59. The van der Waals surface area contributed by atoms with Gasteiger partial charge in [0.25, 0.3) is 5.91 Å². The van der Waals surface area contributed by atoms with E-state index in [1.807, 2.05) is 6.92 Å². The van der Waals surface area contributed by atoms with Crippen molar-refractivity contribution >= 4 is 11.7 Å². The molecule has 132 valence electrons. The molecule has 1 aromatic rings. The molecule has 0 spiro atoms. The van der Waals surface area contributed by atoms with Crippen LogP contribution in [0.5, 0.6) is 5.75 Å². The number of carbonyl (C=O) groups excluding carboxylic acids is 2. The molecule has 1 fully saturated rings. The summed E-state index contributed by atoms with van der Waals surface area (Å²) in [7, 11) is 0. The van der Waals surface area contributed by atoms with Crippen LogP contribution in [0.25, 0.3) is 0 Å². The molecule has 0 saturated heterocycles. The minimum absolute atomic E-state index is 0.0744. The Hall–Kier alpha value is -1.84. The van der Waals surface area contributed by atoms with Gasteiger partial charge < -0.3 is 10.1 Å². The normalized spacial score (nSPS) is 24.9. The first-order valence-electron chi connectivity index (χ1n) is 9.02. The zero-order valence-corrected chi connectivity index (χ0v) is 15.2. The maximum atomic E-state index is 12.4. The monoisotopic (exact) mass is 331 g/mol. The highest BCUT2D eigenvalue weighted by molar-refractivity contribution is 5.95. The van der Waals surface area contributed by atoms with Crippen molar-refractivity contribution in [1.82, 2.24) is 5.32 Å². The lowest BCUT2D eigenvalue weighted by Gasteiger charge is -2.35. The van der Waals surface area contributed by atoms with Crippen LogP contribution in [0.3, 0.4) is 0 Å². The topological polar surface area (TPSA) is 55.4 Å². The molecular weight excluding hydrogens is 302 g/mol. The number of ether oxygens (including phenoxy) is 1. The molecule has 1 amide bonds. The van der Waals surface area contributed by atoms with E-state index in [4.69, 9.17) is 4.74 Å². The largest absolute Gasteiger partial charge is 0.481 e. The number of benzene rings is 1. The van der Waals surface area contributed by atoms with Crippen molar-refractivity contribution in [1.29, 1.82) is 0 Å². The summed E-state index contributed by atoms with van der Waals surface area (Å²) in [5.74, 6) is 1.77. The van der Waals surface area contributed by atoms with E-state index in [9.17, 15) is 9.59 Å². The van der Waals surface area contributed by atoms with Crippen molar-refractivity contribution in [3.63, 3.8) is 0 Å². The Morgan fingerprint density at radius 2 is 1.88 bits per heavy atom. The third-order valence-electron chi connectivity index (χ3n) is 5.21. The van der Waals surface area contributed by atoms with Gasteiger partial charge in [-0.2, -0.15) is 0 Å². The Labute approximate surface area is 145 Å². The summed E-state index contributed by atoms with van der Waals surface area (Å²) >= 11 is 0. The lowest BCUT2D eigenvalue weighted by atomic mass is 9.78. The molecular formula is C20H29NO3. The number of rotatable bonds is 6. The molecule has 0 aromatic heterocycles. The van der Waals surface area contributed by atoms with Gasteiger partial charge in [0.05, 0.1) is 0 Å². The zero-order valence-electron chi connectivity index (χ0n) is 15.2. The van der Waals surface area contributed by atoms with Gasteiger partial charge >= 0.3 is 0 Å². The molecule has 0 radical (unpaired) electrons. The van der Waals surface area contributed by atoms with Crippen molar-refractivity contribution < 1.29 is 14.3 Å². The van der Waals surface area contributed by atoms with E-state index < -0.39 is 6.10 Å².